The van der Waals surface area contributed by atoms with E-state index in [0.29, 0.717) is 24.8 Å². The van der Waals surface area contributed by atoms with E-state index in [0.717, 1.165) is 12.8 Å². The molecule has 7 nitrogen and oxygen atoms in total. The molecule has 1 aromatic rings. The van der Waals surface area contributed by atoms with Gasteiger partial charge in [0, 0.05) is 19.2 Å². The zero-order chi connectivity index (χ0) is 15.5. The normalized spacial score (nSPS) is 20.8. The Balaban J connectivity index is 2.16. The van der Waals surface area contributed by atoms with Crippen LogP contribution in [0.4, 0.5) is 17.3 Å². The van der Waals surface area contributed by atoms with Crippen LogP contribution in [0.5, 0.6) is 0 Å². The van der Waals surface area contributed by atoms with Gasteiger partial charge in [0.2, 0.25) is 0 Å². The van der Waals surface area contributed by atoms with Crippen LogP contribution in [-0.2, 0) is 4.74 Å². The first kappa shape index (κ1) is 15.5. The molecule has 0 amide bonds. The van der Waals surface area contributed by atoms with E-state index in [9.17, 15) is 10.1 Å². The van der Waals surface area contributed by atoms with Crippen LogP contribution in [0.15, 0.2) is 12.1 Å². The second-order valence-corrected chi connectivity index (χ2v) is 5.83. The van der Waals surface area contributed by atoms with Gasteiger partial charge < -0.3 is 15.4 Å². The van der Waals surface area contributed by atoms with Crippen LogP contribution in [0.2, 0.25) is 0 Å². The lowest BCUT2D eigenvalue weighted by atomic mass is 9.94. The molecule has 1 aliphatic rings. The van der Waals surface area contributed by atoms with Crippen molar-refractivity contribution in [3.63, 3.8) is 0 Å². The SMILES string of the molecule is CCNc1cc([N+](=O)[O-])cc(NC2CCOC(C)(C)C2)n1. The van der Waals surface area contributed by atoms with E-state index in [4.69, 9.17) is 4.74 Å². The number of hydrogen-bond acceptors (Lipinski definition) is 6. The monoisotopic (exact) mass is 294 g/mol. The molecular formula is C14H22N4O3. The smallest absolute Gasteiger partial charge is 0.276 e. The van der Waals surface area contributed by atoms with Crippen molar-refractivity contribution >= 4 is 17.3 Å². The van der Waals surface area contributed by atoms with E-state index < -0.39 is 4.92 Å². The third-order valence-electron chi connectivity index (χ3n) is 3.43. The Morgan fingerprint density at radius 1 is 1.48 bits per heavy atom. The first-order valence-corrected chi connectivity index (χ1v) is 7.20. The minimum absolute atomic E-state index is 0.0368. The van der Waals surface area contributed by atoms with Crippen molar-refractivity contribution in [2.45, 2.75) is 45.3 Å². The third kappa shape index (κ3) is 4.29. The predicted octanol–water partition coefficient (Wildman–Crippen LogP) is 2.79. The second-order valence-electron chi connectivity index (χ2n) is 5.83. The maximum Gasteiger partial charge on any atom is 0.276 e. The van der Waals surface area contributed by atoms with Gasteiger partial charge in [-0.2, -0.15) is 0 Å². The van der Waals surface area contributed by atoms with Crippen molar-refractivity contribution in [1.82, 2.24) is 4.98 Å². The number of aromatic nitrogens is 1. The lowest BCUT2D eigenvalue weighted by molar-refractivity contribution is -0.384. The minimum atomic E-state index is -0.401. The Morgan fingerprint density at radius 3 is 2.81 bits per heavy atom. The standard InChI is InChI=1S/C14H22N4O3/c1-4-15-12-7-11(18(19)20)8-13(17-12)16-10-5-6-21-14(2,3)9-10/h7-8,10H,4-6,9H2,1-3H3,(H2,15,16,17). The van der Waals surface area contributed by atoms with Gasteiger partial charge in [0.15, 0.2) is 0 Å². The minimum Gasteiger partial charge on any atom is -0.375 e. The maximum absolute atomic E-state index is 11.0. The molecule has 1 unspecified atom stereocenters. The highest BCUT2D eigenvalue weighted by Crippen LogP contribution is 2.27. The summed E-state index contributed by atoms with van der Waals surface area (Å²) in [4.78, 5) is 15.0. The number of nitrogens with one attached hydrogen (secondary N) is 2. The molecule has 2 N–H and O–H groups in total. The highest BCUT2D eigenvalue weighted by molar-refractivity contribution is 5.55. The Hall–Kier alpha value is -1.89. The molecule has 0 spiro atoms. The molecule has 1 aliphatic heterocycles. The lowest BCUT2D eigenvalue weighted by Gasteiger charge is -2.36. The van der Waals surface area contributed by atoms with Crippen molar-refractivity contribution < 1.29 is 9.66 Å². The molecular weight excluding hydrogens is 272 g/mol. The zero-order valence-electron chi connectivity index (χ0n) is 12.7. The largest absolute Gasteiger partial charge is 0.375 e. The van der Waals surface area contributed by atoms with Crippen molar-refractivity contribution in [2.75, 3.05) is 23.8 Å². The molecule has 1 aromatic heterocycles. The highest BCUT2D eigenvalue weighted by atomic mass is 16.6. The third-order valence-corrected chi connectivity index (χ3v) is 3.43. The first-order chi connectivity index (χ1) is 9.89. The van der Waals surface area contributed by atoms with Crippen molar-refractivity contribution in [2.24, 2.45) is 0 Å². The summed E-state index contributed by atoms with van der Waals surface area (Å²) in [7, 11) is 0. The maximum atomic E-state index is 11.0. The molecule has 0 bridgehead atoms. The van der Waals surface area contributed by atoms with Crippen LogP contribution in [-0.4, -0.2) is 34.7 Å². The van der Waals surface area contributed by atoms with Crippen molar-refractivity contribution in [3.05, 3.63) is 22.2 Å². The summed E-state index contributed by atoms with van der Waals surface area (Å²) in [5, 5.41) is 17.3. The van der Waals surface area contributed by atoms with Gasteiger partial charge in [0.05, 0.1) is 22.7 Å². The molecule has 21 heavy (non-hydrogen) atoms. The average molecular weight is 294 g/mol. The fourth-order valence-electron chi connectivity index (χ4n) is 2.53. The molecule has 116 valence electrons. The van der Waals surface area contributed by atoms with Gasteiger partial charge in [0.1, 0.15) is 11.6 Å². The Kier molecular flexibility index (Phi) is 4.62. The molecule has 1 atom stereocenters. The molecule has 7 heteroatoms. The van der Waals surface area contributed by atoms with E-state index in [1.165, 1.54) is 12.1 Å². The number of nitro groups is 1. The number of rotatable bonds is 5. The predicted molar refractivity (Wildman–Crippen MR) is 81.7 cm³/mol. The van der Waals surface area contributed by atoms with Gasteiger partial charge in [0.25, 0.3) is 5.69 Å². The quantitative estimate of drug-likeness (QED) is 0.641. The van der Waals surface area contributed by atoms with Crippen molar-refractivity contribution in [3.8, 4) is 0 Å². The van der Waals surface area contributed by atoms with Gasteiger partial charge in [-0.25, -0.2) is 4.98 Å². The van der Waals surface area contributed by atoms with Gasteiger partial charge in [-0.1, -0.05) is 0 Å². The average Bonchev–Trinajstić information content (AvgIpc) is 2.37. The Bertz CT molecular complexity index is 519. The van der Waals surface area contributed by atoms with E-state index in [1.807, 2.05) is 20.8 Å². The van der Waals surface area contributed by atoms with Gasteiger partial charge in [-0.05, 0) is 33.6 Å². The summed E-state index contributed by atoms with van der Waals surface area (Å²) >= 11 is 0. The van der Waals surface area contributed by atoms with Crippen LogP contribution in [0, 0.1) is 10.1 Å². The fraction of sp³-hybridized carbons (Fsp3) is 0.643. The highest BCUT2D eigenvalue weighted by Gasteiger charge is 2.29. The summed E-state index contributed by atoms with van der Waals surface area (Å²) in [6.45, 7) is 7.36. The van der Waals surface area contributed by atoms with Crippen LogP contribution in [0.25, 0.3) is 0 Å². The van der Waals surface area contributed by atoms with Crippen LogP contribution >= 0.6 is 0 Å². The van der Waals surface area contributed by atoms with Gasteiger partial charge in [-0.3, -0.25) is 10.1 Å². The van der Waals surface area contributed by atoms with Crippen LogP contribution in [0.1, 0.15) is 33.6 Å². The summed E-state index contributed by atoms with van der Waals surface area (Å²) < 4.78 is 5.68. The van der Waals surface area contributed by atoms with E-state index in [-0.39, 0.29) is 17.3 Å². The Labute approximate surface area is 124 Å². The molecule has 2 heterocycles. The molecule has 0 radical (unpaired) electrons. The van der Waals surface area contributed by atoms with Crippen LogP contribution in [0.3, 0.4) is 0 Å². The molecule has 1 saturated heterocycles. The molecule has 0 aromatic carbocycles. The van der Waals surface area contributed by atoms with E-state index in [2.05, 4.69) is 15.6 Å². The molecule has 1 fully saturated rings. The van der Waals surface area contributed by atoms with Crippen molar-refractivity contribution in [1.29, 1.82) is 0 Å². The summed E-state index contributed by atoms with van der Waals surface area (Å²) in [5.74, 6) is 1.04. The zero-order valence-corrected chi connectivity index (χ0v) is 12.7. The summed E-state index contributed by atoms with van der Waals surface area (Å²) in [6, 6.07) is 3.13. The molecule has 0 saturated carbocycles. The molecule has 2 rings (SSSR count). The number of nitrogens with zero attached hydrogens (tertiary/aromatic N) is 2. The van der Waals surface area contributed by atoms with E-state index >= 15 is 0 Å². The number of ether oxygens (including phenoxy) is 1. The number of hydrogen-bond donors (Lipinski definition) is 2. The second kappa shape index (κ2) is 6.26. The topological polar surface area (TPSA) is 89.3 Å². The van der Waals surface area contributed by atoms with Gasteiger partial charge in [-0.15, -0.1) is 0 Å². The van der Waals surface area contributed by atoms with Crippen LogP contribution < -0.4 is 10.6 Å². The number of anilines is 2. The fourth-order valence-corrected chi connectivity index (χ4v) is 2.53. The Morgan fingerprint density at radius 2 is 2.19 bits per heavy atom. The summed E-state index contributed by atoms with van der Waals surface area (Å²) in [6.07, 6.45) is 1.71. The first-order valence-electron chi connectivity index (χ1n) is 7.20. The summed E-state index contributed by atoms with van der Waals surface area (Å²) in [5.41, 5.74) is -0.143. The van der Waals surface area contributed by atoms with Gasteiger partial charge >= 0.3 is 0 Å². The lowest BCUT2D eigenvalue weighted by Crippen LogP contribution is -2.40. The van der Waals surface area contributed by atoms with E-state index in [1.54, 1.807) is 0 Å². The number of pyridine rings is 1. The molecule has 0 aliphatic carbocycles.